The SMILES string of the molecule is Cc1ccc2c(CC(=O)NCCN3CCC(C)CC3)coc2c1C. The van der Waals surface area contributed by atoms with E-state index in [1.807, 2.05) is 0 Å². The Morgan fingerprint density at radius 3 is 2.79 bits per heavy atom. The second kappa shape index (κ2) is 7.39. The Balaban J connectivity index is 1.51. The van der Waals surface area contributed by atoms with Gasteiger partial charge in [-0.3, -0.25) is 4.79 Å². The van der Waals surface area contributed by atoms with Crippen LogP contribution in [0, 0.1) is 19.8 Å². The molecule has 1 amide bonds. The van der Waals surface area contributed by atoms with Gasteiger partial charge in [0.05, 0.1) is 12.7 Å². The molecule has 0 aliphatic carbocycles. The summed E-state index contributed by atoms with van der Waals surface area (Å²) >= 11 is 0. The molecule has 0 radical (unpaired) electrons. The Hall–Kier alpha value is -1.81. The number of fused-ring (bicyclic) bond motifs is 1. The smallest absolute Gasteiger partial charge is 0.224 e. The second-order valence-electron chi connectivity index (χ2n) is 7.20. The van der Waals surface area contributed by atoms with E-state index >= 15 is 0 Å². The number of nitrogens with one attached hydrogen (secondary N) is 1. The van der Waals surface area contributed by atoms with Crippen LogP contribution in [0.1, 0.15) is 36.5 Å². The van der Waals surface area contributed by atoms with Crippen LogP contribution >= 0.6 is 0 Å². The molecule has 0 atom stereocenters. The quantitative estimate of drug-likeness (QED) is 0.914. The Morgan fingerprint density at radius 1 is 1.29 bits per heavy atom. The van der Waals surface area contributed by atoms with Gasteiger partial charge in [0.2, 0.25) is 5.91 Å². The number of amides is 1. The number of piperidine rings is 1. The highest BCUT2D eigenvalue weighted by molar-refractivity contribution is 5.89. The van der Waals surface area contributed by atoms with E-state index in [0.29, 0.717) is 6.42 Å². The summed E-state index contributed by atoms with van der Waals surface area (Å²) in [5, 5.41) is 4.10. The summed E-state index contributed by atoms with van der Waals surface area (Å²) in [6.07, 6.45) is 4.65. The fraction of sp³-hybridized carbons (Fsp3) is 0.550. The first-order valence-corrected chi connectivity index (χ1v) is 9.00. The molecular weight excluding hydrogens is 300 g/mol. The predicted octanol–water partition coefficient (Wildman–Crippen LogP) is 3.44. The van der Waals surface area contributed by atoms with E-state index in [2.05, 4.69) is 43.1 Å². The lowest BCUT2D eigenvalue weighted by Crippen LogP contribution is -2.39. The van der Waals surface area contributed by atoms with Crippen LogP contribution in [-0.2, 0) is 11.2 Å². The minimum Gasteiger partial charge on any atom is -0.464 e. The minimum atomic E-state index is 0.0707. The lowest BCUT2D eigenvalue weighted by Gasteiger charge is -2.30. The number of furan rings is 1. The van der Waals surface area contributed by atoms with E-state index in [1.165, 1.54) is 18.4 Å². The van der Waals surface area contributed by atoms with Crippen LogP contribution in [0.4, 0.5) is 0 Å². The predicted molar refractivity (Wildman–Crippen MR) is 97.2 cm³/mol. The van der Waals surface area contributed by atoms with Gasteiger partial charge in [0, 0.05) is 24.0 Å². The summed E-state index contributed by atoms with van der Waals surface area (Å²) in [6, 6.07) is 4.14. The molecule has 0 spiro atoms. The first kappa shape index (κ1) is 17.0. The second-order valence-corrected chi connectivity index (χ2v) is 7.20. The molecule has 4 nitrogen and oxygen atoms in total. The van der Waals surface area contributed by atoms with E-state index in [4.69, 9.17) is 4.42 Å². The zero-order valence-electron chi connectivity index (χ0n) is 15.0. The number of nitrogens with zero attached hydrogens (tertiary/aromatic N) is 1. The number of carbonyl (C=O) groups is 1. The molecule has 1 fully saturated rings. The average Bonchev–Trinajstić information content (AvgIpc) is 2.96. The van der Waals surface area contributed by atoms with Crippen LogP contribution in [0.15, 0.2) is 22.8 Å². The number of aryl methyl sites for hydroxylation is 2. The molecular formula is C20H28N2O2. The summed E-state index contributed by atoms with van der Waals surface area (Å²) in [4.78, 5) is 14.7. The van der Waals surface area contributed by atoms with Crippen molar-refractivity contribution in [2.24, 2.45) is 5.92 Å². The van der Waals surface area contributed by atoms with Crippen molar-refractivity contribution in [2.75, 3.05) is 26.2 Å². The molecule has 1 aliphatic heterocycles. The summed E-state index contributed by atoms with van der Waals surface area (Å²) in [5.41, 5.74) is 4.24. The van der Waals surface area contributed by atoms with E-state index < -0.39 is 0 Å². The number of hydrogen-bond acceptors (Lipinski definition) is 3. The van der Waals surface area contributed by atoms with Crippen molar-refractivity contribution in [3.63, 3.8) is 0 Å². The normalized spacial score (nSPS) is 16.6. The van der Waals surface area contributed by atoms with Crippen LogP contribution in [0.3, 0.4) is 0 Å². The van der Waals surface area contributed by atoms with E-state index in [1.54, 1.807) is 6.26 Å². The molecule has 1 N–H and O–H groups in total. The summed E-state index contributed by atoms with van der Waals surface area (Å²) in [5.74, 6) is 0.915. The molecule has 1 aromatic carbocycles. The Labute approximate surface area is 144 Å². The zero-order valence-corrected chi connectivity index (χ0v) is 15.0. The van der Waals surface area contributed by atoms with Crippen LogP contribution in [0.25, 0.3) is 11.0 Å². The molecule has 24 heavy (non-hydrogen) atoms. The van der Waals surface area contributed by atoms with Gasteiger partial charge in [-0.1, -0.05) is 19.1 Å². The van der Waals surface area contributed by atoms with Gasteiger partial charge in [-0.2, -0.15) is 0 Å². The molecule has 1 aliphatic rings. The van der Waals surface area contributed by atoms with Crippen molar-refractivity contribution in [3.05, 3.63) is 35.1 Å². The monoisotopic (exact) mass is 328 g/mol. The molecule has 4 heteroatoms. The average molecular weight is 328 g/mol. The highest BCUT2D eigenvalue weighted by atomic mass is 16.3. The number of likely N-dealkylation sites (tertiary alicyclic amines) is 1. The summed E-state index contributed by atoms with van der Waals surface area (Å²) in [6.45, 7) is 10.4. The van der Waals surface area contributed by atoms with Crippen LogP contribution in [0.5, 0.6) is 0 Å². The Morgan fingerprint density at radius 2 is 2.04 bits per heavy atom. The lowest BCUT2D eigenvalue weighted by atomic mass is 9.99. The molecule has 2 aromatic rings. The van der Waals surface area contributed by atoms with Gasteiger partial charge in [-0.15, -0.1) is 0 Å². The maximum Gasteiger partial charge on any atom is 0.224 e. The molecule has 0 unspecified atom stereocenters. The van der Waals surface area contributed by atoms with Crippen molar-refractivity contribution < 1.29 is 9.21 Å². The van der Waals surface area contributed by atoms with Crippen molar-refractivity contribution in [2.45, 2.75) is 40.0 Å². The number of rotatable bonds is 5. The highest BCUT2D eigenvalue weighted by Crippen LogP contribution is 2.26. The topological polar surface area (TPSA) is 45.5 Å². The van der Waals surface area contributed by atoms with E-state index in [-0.39, 0.29) is 5.91 Å². The van der Waals surface area contributed by atoms with Gasteiger partial charge >= 0.3 is 0 Å². The third kappa shape index (κ3) is 3.81. The summed E-state index contributed by atoms with van der Waals surface area (Å²) in [7, 11) is 0. The minimum absolute atomic E-state index is 0.0707. The van der Waals surface area contributed by atoms with Gasteiger partial charge in [0.15, 0.2) is 0 Å². The lowest BCUT2D eigenvalue weighted by molar-refractivity contribution is -0.120. The molecule has 0 saturated carbocycles. The van der Waals surface area contributed by atoms with E-state index in [0.717, 1.165) is 54.2 Å². The van der Waals surface area contributed by atoms with Gasteiger partial charge in [0.25, 0.3) is 0 Å². The van der Waals surface area contributed by atoms with Gasteiger partial charge < -0.3 is 14.6 Å². The van der Waals surface area contributed by atoms with Crippen LogP contribution in [-0.4, -0.2) is 37.0 Å². The van der Waals surface area contributed by atoms with Gasteiger partial charge in [-0.05, 0) is 56.8 Å². The standard InChI is InChI=1S/C20H28N2O2/c1-14-6-9-22(10-7-14)11-8-21-19(23)12-17-13-24-20-16(3)15(2)4-5-18(17)20/h4-5,13-14H,6-12H2,1-3H3,(H,21,23). The molecule has 2 heterocycles. The fourth-order valence-electron chi connectivity index (χ4n) is 3.40. The van der Waals surface area contributed by atoms with Crippen LogP contribution < -0.4 is 5.32 Å². The Bertz CT molecular complexity index is 712. The first-order chi connectivity index (χ1) is 11.5. The molecule has 1 saturated heterocycles. The zero-order chi connectivity index (χ0) is 17.1. The number of hydrogen-bond donors (Lipinski definition) is 1. The van der Waals surface area contributed by atoms with Crippen molar-refractivity contribution in [1.29, 1.82) is 0 Å². The van der Waals surface area contributed by atoms with Crippen molar-refractivity contribution in [3.8, 4) is 0 Å². The largest absolute Gasteiger partial charge is 0.464 e. The van der Waals surface area contributed by atoms with Crippen LogP contribution in [0.2, 0.25) is 0 Å². The first-order valence-electron chi connectivity index (χ1n) is 9.00. The number of benzene rings is 1. The third-order valence-electron chi connectivity index (χ3n) is 5.32. The maximum absolute atomic E-state index is 12.2. The third-order valence-corrected chi connectivity index (χ3v) is 5.32. The fourth-order valence-corrected chi connectivity index (χ4v) is 3.40. The molecule has 3 rings (SSSR count). The Kier molecular flexibility index (Phi) is 5.24. The molecule has 1 aromatic heterocycles. The van der Waals surface area contributed by atoms with E-state index in [9.17, 15) is 4.79 Å². The van der Waals surface area contributed by atoms with Gasteiger partial charge in [0.1, 0.15) is 5.58 Å². The van der Waals surface area contributed by atoms with Crippen molar-refractivity contribution >= 4 is 16.9 Å². The maximum atomic E-state index is 12.2. The van der Waals surface area contributed by atoms with Crippen molar-refractivity contribution in [1.82, 2.24) is 10.2 Å². The highest BCUT2D eigenvalue weighted by Gasteiger charge is 2.16. The number of carbonyl (C=O) groups excluding carboxylic acids is 1. The molecule has 0 bridgehead atoms. The van der Waals surface area contributed by atoms with Gasteiger partial charge in [-0.25, -0.2) is 0 Å². The molecule has 130 valence electrons. The summed E-state index contributed by atoms with van der Waals surface area (Å²) < 4.78 is 5.68.